The van der Waals surface area contributed by atoms with Crippen LogP contribution < -0.4 is 5.32 Å². The zero-order valence-corrected chi connectivity index (χ0v) is 14.5. The molecule has 1 fully saturated rings. The first-order valence-corrected chi connectivity index (χ1v) is 8.79. The second kappa shape index (κ2) is 8.76. The van der Waals surface area contributed by atoms with Gasteiger partial charge >= 0.3 is 0 Å². The highest BCUT2D eigenvalue weighted by Crippen LogP contribution is 2.21. The standard InChI is InChI=1S/C16H22BrClN2O/c17-15-7-6-13(18)12-14(15)16(21)19-8-5-11-20-9-3-1-2-4-10-20/h6-7,12H,1-5,8-11H2,(H,19,21). The fourth-order valence-corrected chi connectivity index (χ4v) is 3.23. The van der Waals surface area contributed by atoms with E-state index in [2.05, 4.69) is 26.1 Å². The summed E-state index contributed by atoms with van der Waals surface area (Å²) in [6, 6.07) is 5.26. The Morgan fingerprint density at radius 2 is 1.95 bits per heavy atom. The highest BCUT2D eigenvalue weighted by Gasteiger charge is 2.11. The lowest BCUT2D eigenvalue weighted by Crippen LogP contribution is -2.30. The van der Waals surface area contributed by atoms with E-state index in [1.54, 1.807) is 18.2 Å². The highest BCUT2D eigenvalue weighted by atomic mass is 79.9. The zero-order valence-electron chi connectivity index (χ0n) is 12.2. The number of likely N-dealkylation sites (tertiary alicyclic amines) is 1. The molecule has 1 aliphatic rings. The second-order valence-corrected chi connectivity index (χ2v) is 6.78. The molecule has 3 nitrogen and oxygen atoms in total. The van der Waals surface area contributed by atoms with Crippen molar-refractivity contribution in [3.63, 3.8) is 0 Å². The van der Waals surface area contributed by atoms with Crippen molar-refractivity contribution >= 4 is 33.4 Å². The zero-order chi connectivity index (χ0) is 15.1. The molecule has 0 aromatic heterocycles. The molecule has 0 spiro atoms. The molecule has 0 bridgehead atoms. The number of nitrogens with zero attached hydrogens (tertiary/aromatic N) is 1. The van der Waals surface area contributed by atoms with Gasteiger partial charge in [-0.1, -0.05) is 24.4 Å². The Kier molecular flexibility index (Phi) is 7.00. The summed E-state index contributed by atoms with van der Waals surface area (Å²) in [5, 5.41) is 3.54. The van der Waals surface area contributed by atoms with Crippen LogP contribution in [0.3, 0.4) is 0 Å². The van der Waals surface area contributed by atoms with Gasteiger partial charge < -0.3 is 10.2 Å². The van der Waals surface area contributed by atoms with E-state index >= 15 is 0 Å². The van der Waals surface area contributed by atoms with Crippen molar-refractivity contribution in [1.29, 1.82) is 0 Å². The minimum Gasteiger partial charge on any atom is -0.352 e. The van der Waals surface area contributed by atoms with Gasteiger partial charge in [0, 0.05) is 16.0 Å². The van der Waals surface area contributed by atoms with E-state index < -0.39 is 0 Å². The Labute approximate surface area is 140 Å². The third-order valence-corrected chi connectivity index (χ3v) is 4.73. The molecule has 21 heavy (non-hydrogen) atoms. The molecule has 1 aliphatic heterocycles. The lowest BCUT2D eigenvalue weighted by Gasteiger charge is -2.19. The van der Waals surface area contributed by atoms with Crippen LogP contribution in [0.25, 0.3) is 0 Å². The topological polar surface area (TPSA) is 32.3 Å². The molecule has 1 aromatic rings. The van der Waals surface area contributed by atoms with Crippen LogP contribution in [0.15, 0.2) is 22.7 Å². The fraction of sp³-hybridized carbons (Fsp3) is 0.562. The molecule has 1 heterocycles. The summed E-state index contributed by atoms with van der Waals surface area (Å²) in [4.78, 5) is 14.6. The molecule has 0 radical (unpaired) electrons. The van der Waals surface area contributed by atoms with Crippen molar-refractivity contribution in [2.75, 3.05) is 26.2 Å². The first kappa shape index (κ1) is 16.8. The molecule has 1 amide bonds. The summed E-state index contributed by atoms with van der Waals surface area (Å²) in [5.41, 5.74) is 0.595. The number of hydrogen-bond donors (Lipinski definition) is 1. The van der Waals surface area contributed by atoms with E-state index in [0.717, 1.165) is 17.4 Å². The number of carbonyl (C=O) groups excluding carboxylic acids is 1. The number of benzene rings is 1. The van der Waals surface area contributed by atoms with E-state index in [4.69, 9.17) is 11.6 Å². The molecule has 1 N–H and O–H groups in total. The quantitative estimate of drug-likeness (QED) is 0.788. The number of rotatable bonds is 5. The maximum absolute atomic E-state index is 12.1. The average Bonchev–Trinajstić information content (AvgIpc) is 2.74. The van der Waals surface area contributed by atoms with Crippen LogP contribution in [0, 0.1) is 0 Å². The number of carbonyl (C=O) groups is 1. The van der Waals surface area contributed by atoms with E-state index in [1.807, 2.05) is 0 Å². The Balaban J connectivity index is 1.72. The van der Waals surface area contributed by atoms with E-state index in [0.29, 0.717) is 17.1 Å². The Morgan fingerprint density at radius 3 is 2.67 bits per heavy atom. The monoisotopic (exact) mass is 372 g/mol. The normalized spacial score (nSPS) is 16.5. The lowest BCUT2D eigenvalue weighted by atomic mass is 10.2. The van der Waals surface area contributed by atoms with Crippen LogP contribution >= 0.6 is 27.5 Å². The van der Waals surface area contributed by atoms with Gasteiger partial charge in [0.25, 0.3) is 5.91 Å². The van der Waals surface area contributed by atoms with Gasteiger partial charge in [-0.3, -0.25) is 4.79 Å². The van der Waals surface area contributed by atoms with Crippen molar-refractivity contribution in [2.45, 2.75) is 32.1 Å². The molecule has 5 heteroatoms. The van der Waals surface area contributed by atoms with Gasteiger partial charge in [-0.15, -0.1) is 0 Å². The molecular weight excluding hydrogens is 352 g/mol. The number of amides is 1. The molecule has 0 unspecified atom stereocenters. The van der Waals surface area contributed by atoms with Crippen LogP contribution in [0.5, 0.6) is 0 Å². The molecule has 2 rings (SSSR count). The first-order valence-electron chi connectivity index (χ1n) is 7.62. The summed E-state index contributed by atoms with van der Waals surface area (Å²) in [6.07, 6.45) is 6.32. The molecule has 1 aromatic carbocycles. The van der Waals surface area contributed by atoms with Crippen LogP contribution in [-0.4, -0.2) is 37.0 Å². The van der Waals surface area contributed by atoms with Crippen LogP contribution in [-0.2, 0) is 0 Å². The maximum Gasteiger partial charge on any atom is 0.252 e. The van der Waals surface area contributed by atoms with E-state index in [1.165, 1.54) is 38.8 Å². The average molecular weight is 374 g/mol. The second-order valence-electron chi connectivity index (χ2n) is 5.49. The van der Waals surface area contributed by atoms with Crippen molar-refractivity contribution in [1.82, 2.24) is 10.2 Å². The maximum atomic E-state index is 12.1. The van der Waals surface area contributed by atoms with E-state index in [-0.39, 0.29) is 5.91 Å². The van der Waals surface area contributed by atoms with Crippen molar-refractivity contribution in [3.05, 3.63) is 33.3 Å². The van der Waals surface area contributed by atoms with Gasteiger partial charge in [-0.25, -0.2) is 0 Å². The Hall–Kier alpha value is -0.580. The van der Waals surface area contributed by atoms with Gasteiger partial charge in [0.2, 0.25) is 0 Å². The van der Waals surface area contributed by atoms with Gasteiger partial charge in [0.15, 0.2) is 0 Å². The third kappa shape index (κ3) is 5.61. The van der Waals surface area contributed by atoms with Crippen molar-refractivity contribution in [3.8, 4) is 0 Å². The van der Waals surface area contributed by atoms with Gasteiger partial charge in [-0.05, 0) is 73.0 Å². The van der Waals surface area contributed by atoms with Gasteiger partial charge in [0.05, 0.1) is 5.56 Å². The van der Waals surface area contributed by atoms with Crippen LogP contribution in [0.4, 0.5) is 0 Å². The highest BCUT2D eigenvalue weighted by molar-refractivity contribution is 9.10. The number of hydrogen-bond acceptors (Lipinski definition) is 2. The molecule has 116 valence electrons. The summed E-state index contributed by atoms with van der Waals surface area (Å²) in [6.45, 7) is 4.17. The minimum absolute atomic E-state index is 0.0692. The van der Waals surface area contributed by atoms with Crippen LogP contribution in [0.1, 0.15) is 42.5 Å². The fourth-order valence-electron chi connectivity index (χ4n) is 2.63. The predicted octanol–water partition coefficient (Wildman–Crippen LogP) is 4.10. The number of nitrogens with one attached hydrogen (secondary N) is 1. The Morgan fingerprint density at radius 1 is 1.24 bits per heavy atom. The SMILES string of the molecule is O=C(NCCCN1CCCCCC1)c1cc(Cl)ccc1Br. The lowest BCUT2D eigenvalue weighted by molar-refractivity contribution is 0.0951. The van der Waals surface area contributed by atoms with E-state index in [9.17, 15) is 4.79 Å². The molecule has 1 saturated heterocycles. The summed E-state index contributed by atoms with van der Waals surface area (Å²) in [5.74, 6) is -0.0692. The van der Waals surface area contributed by atoms with Crippen LogP contribution in [0.2, 0.25) is 5.02 Å². The molecule has 0 saturated carbocycles. The number of halogens is 2. The van der Waals surface area contributed by atoms with Gasteiger partial charge in [0.1, 0.15) is 0 Å². The third-order valence-electron chi connectivity index (χ3n) is 3.81. The largest absolute Gasteiger partial charge is 0.352 e. The van der Waals surface area contributed by atoms with Crippen molar-refractivity contribution in [2.24, 2.45) is 0 Å². The smallest absolute Gasteiger partial charge is 0.252 e. The molecular formula is C16H22BrClN2O. The first-order chi connectivity index (χ1) is 10.2. The van der Waals surface area contributed by atoms with Gasteiger partial charge in [-0.2, -0.15) is 0 Å². The van der Waals surface area contributed by atoms with Crippen molar-refractivity contribution < 1.29 is 4.79 Å². The predicted molar refractivity (Wildman–Crippen MR) is 91.0 cm³/mol. The summed E-state index contributed by atoms with van der Waals surface area (Å²) < 4.78 is 0.775. The summed E-state index contributed by atoms with van der Waals surface area (Å²) in [7, 11) is 0. The Bertz CT molecular complexity index is 473. The minimum atomic E-state index is -0.0692. The summed E-state index contributed by atoms with van der Waals surface area (Å²) >= 11 is 9.32. The molecule has 0 atom stereocenters. The molecule has 0 aliphatic carbocycles.